The molecule has 5 rings (SSSR count). The number of aromatic nitrogens is 5. The Bertz CT molecular complexity index is 1720. The predicted molar refractivity (Wildman–Crippen MR) is 136 cm³/mol. The van der Waals surface area contributed by atoms with Crippen molar-refractivity contribution in [2.45, 2.75) is 13.3 Å². The number of anilines is 1. The van der Waals surface area contributed by atoms with E-state index in [1.807, 2.05) is 0 Å². The third-order valence-corrected chi connectivity index (χ3v) is 7.35. The second-order valence-corrected chi connectivity index (χ2v) is 10.1. The Morgan fingerprint density at radius 1 is 1.05 bits per heavy atom. The van der Waals surface area contributed by atoms with Crippen LogP contribution in [-0.4, -0.2) is 52.4 Å². The molecule has 38 heavy (non-hydrogen) atoms. The number of fused-ring (bicyclic) bond motifs is 1. The first-order valence-corrected chi connectivity index (χ1v) is 12.8. The summed E-state index contributed by atoms with van der Waals surface area (Å²) in [6.45, 7) is 1.73. The molecule has 4 aromatic heterocycles. The van der Waals surface area contributed by atoms with Crippen LogP contribution < -0.4 is 10.1 Å². The van der Waals surface area contributed by atoms with Gasteiger partial charge in [-0.15, -0.1) is 0 Å². The number of hydrogen-bond donors (Lipinski definition) is 1. The van der Waals surface area contributed by atoms with Crippen molar-refractivity contribution in [2.24, 2.45) is 0 Å². The average Bonchev–Trinajstić information content (AvgIpc) is 3.34. The van der Waals surface area contributed by atoms with E-state index in [0.717, 1.165) is 5.56 Å². The van der Waals surface area contributed by atoms with E-state index in [2.05, 4.69) is 36.3 Å². The molecule has 0 spiro atoms. The number of amides is 1. The van der Waals surface area contributed by atoms with Crippen molar-refractivity contribution < 1.29 is 18.3 Å². The van der Waals surface area contributed by atoms with Gasteiger partial charge in [0.1, 0.15) is 0 Å². The zero-order chi connectivity index (χ0) is 26.8. The predicted octanol–water partition coefficient (Wildman–Crippen LogP) is 4.58. The number of hydrogen-bond acceptors (Lipinski definition) is 8. The molecule has 0 saturated heterocycles. The van der Waals surface area contributed by atoms with Crippen LogP contribution in [0.25, 0.3) is 32.4 Å². The topological polar surface area (TPSA) is 127 Å². The van der Waals surface area contributed by atoms with Gasteiger partial charge in [-0.3, -0.25) is 0 Å². The van der Waals surface area contributed by atoms with E-state index < -0.39 is 32.5 Å². The number of nitrogens with one attached hydrogen (secondary N) is 1. The molecule has 0 fully saturated rings. The normalized spacial score (nSPS) is 10.9. The Morgan fingerprint density at radius 3 is 2.55 bits per heavy atom. The molecule has 0 aliphatic rings. The molecular formula is C26H17F2N7O2Se. The summed E-state index contributed by atoms with van der Waals surface area (Å²) in [5.41, 5.74) is 3.37. The van der Waals surface area contributed by atoms with Gasteiger partial charge in [-0.2, -0.15) is 0 Å². The van der Waals surface area contributed by atoms with Crippen LogP contribution in [0.15, 0.2) is 55.0 Å². The number of carbonyl (C=O) groups is 1. The van der Waals surface area contributed by atoms with Gasteiger partial charge in [0.2, 0.25) is 0 Å². The van der Waals surface area contributed by atoms with Crippen LogP contribution in [0.2, 0.25) is 0 Å². The summed E-state index contributed by atoms with van der Waals surface area (Å²) in [6, 6.07) is 11.9. The van der Waals surface area contributed by atoms with Crippen molar-refractivity contribution in [3.63, 3.8) is 0 Å². The molecule has 1 aromatic carbocycles. The Balaban J connectivity index is 1.48. The van der Waals surface area contributed by atoms with E-state index in [9.17, 15) is 13.6 Å². The number of benzene rings is 1. The molecule has 0 unspecified atom stereocenters. The molecule has 12 heteroatoms. The molecule has 0 radical (unpaired) electrons. The standard InChI is InChI=1S/C26H17F2N7O2Se/c1-13-7-16(17-8-19(22(27)28)31-12-21(17)37-2)18(10-30-13)24(36)35-26-34-23-25(38-26)33-20(11-32-23)15-5-3-14(9-29)4-6-15/h3-8,10-12,22H,1-2H3,(H,32,34,35,36). The van der Waals surface area contributed by atoms with Crippen molar-refractivity contribution >= 4 is 35.1 Å². The summed E-state index contributed by atoms with van der Waals surface area (Å²) < 4.78 is 33.1. The Kier molecular flexibility index (Phi) is 6.87. The van der Waals surface area contributed by atoms with Crippen LogP contribution in [0, 0.1) is 18.3 Å². The van der Waals surface area contributed by atoms with E-state index in [1.54, 1.807) is 43.5 Å². The maximum atomic E-state index is 13.4. The van der Waals surface area contributed by atoms with Crippen LogP contribution >= 0.6 is 0 Å². The number of aryl methyl sites for hydroxylation is 1. The first-order chi connectivity index (χ1) is 18.4. The number of alkyl halides is 2. The number of carbonyl (C=O) groups excluding carboxylic acids is 1. The van der Waals surface area contributed by atoms with Crippen LogP contribution in [0.4, 0.5) is 13.5 Å². The van der Waals surface area contributed by atoms with Gasteiger partial charge in [0.05, 0.1) is 0 Å². The van der Waals surface area contributed by atoms with E-state index in [-0.39, 0.29) is 11.3 Å². The maximum absolute atomic E-state index is 13.4. The average molecular weight is 576 g/mol. The van der Waals surface area contributed by atoms with Gasteiger partial charge in [-0.05, 0) is 0 Å². The number of pyridine rings is 2. The second kappa shape index (κ2) is 10.4. The SMILES string of the molecule is COc1cnc(C(F)F)cc1-c1cc(C)ncc1C(=O)Nc1nc2ncc(-c3ccc(C#N)cc3)nc2[se]1. The summed E-state index contributed by atoms with van der Waals surface area (Å²) in [5, 5.41) is 11.8. The molecule has 188 valence electrons. The number of nitrogens with zero attached hydrogens (tertiary/aromatic N) is 6. The molecular weight excluding hydrogens is 559 g/mol. The summed E-state index contributed by atoms with van der Waals surface area (Å²) in [6.07, 6.45) is 1.39. The molecule has 4 heterocycles. The zero-order valence-corrected chi connectivity index (χ0v) is 21.7. The molecule has 0 aliphatic carbocycles. The molecule has 0 atom stereocenters. The van der Waals surface area contributed by atoms with Crippen molar-refractivity contribution in [1.82, 2.24) is 24.9 Å². The van der Waals surface area contributed by atoms with Crippen molar-refractivity contribution in [2.75, 3.05) is 12.4 Å². The summed E-state index contributed by atoms with van der Waals surface area (Å²) >= 11 is -0.434. The van der Waals surface area contributed by atoms with Crippen LogP contribution in [0.3, 0.4) is 0 Å². The van der Waals surface area contributed by atoms with Crippen LogP contribution in [0.5, 0.6) is 5.75 Å². The van der Waals surface area contributed by atoms with Gasteiger partial charge in [0.25, 0.3) is 0 Å². The Morgan fingerprint density at radius 2 is 1.84 bits per heavy atom. The summed E-state index contributed by atoms with van der Waals surface area (Å²) in [7, 11) is 1.40. The van der Waals surface area contributed by atoms with Gasteiger partial charge in [-0.1, -0.05) is 0 Å². The van der Waals surface area contributed by atoms with E-state index in [4.69, 9.17) is 10.00 Å². The number of methoxy groups -OCH3 is 1. The van der Waals surface area contributed by atoms with E-state index >= 15 is 0 Å². The number of rotatable bonds is 6. The molecule has 0 aliphatic heterocycles. The minimum absolute atomic E-state index is 0.161. The number of ether oxygens (including phenoxy) is 1. The van der Waals surface area contributed by atoms with Gasteiger partial charge >= 0.3 is 221 Å². The molecule has 0 saturated carbocycles. The third kappa shape index (κ3) is 4.97. The Labute approximate surface area is 221 Å². The molecule has 1 amide bonds. The first-order valence-electron chi connectivity index (χ1n) is 11.1. The fourth-order valence-electron chi connectivity index (χ4n) is 3.71. The van der Waals surface area contributed by atoms with Gasteiger partial charge < -0.3 is 0 Å². The molecule has 5 aromatic rings. The minimum atomic E-state index is -2.79. The van der Waals surface area contributed by atoms with E-state index in [0.29, 0.717) is 42.8 Å². The van der Waals surface area contributed by atoms with Crippen molar-refractivity contribution in [1.29, 1.82) is 5.26 Å². The first kappa shape index (κ1) is 25.1. The summed E-state index contributed by atoms with van der Waals surface area (Å²) in [5.74, 6) is -0.265. The number of nitriles is 1. The van der Waals surface area contributed by atoms with Crippen molar-refractivity contribution in [3.8, 4) is 34.2 Å². The molecule has 0 bridgehead atoms. The zero-order valence-electron chi connectivity index (χ0n) is 19.9. The quantitative estimate of drug-likeness (QED) is 0.291. The molecule has 9 nitrogen and oxygen atoms in total. The fourth-order valence-corrected chi connectivity index (χ4v) is 5.37. The second-order valence-electron chi connectivity index (χ2n) is 8.03. The number of halogens is 2. The van der Waals surface area contributed by atoms with Crippen molar-refractivity contribution in [3.05, 3.63) is 77.5 Å². The summed E-state index contributed by atoms with van der Waals surface area (Å²) in [4.78, 5) is 34.7. The Hall–Kier alpha value is -4.59. The van der Waals surface area contributed by atoms with Gasteiger partial charge in [-0.25, -0.2) is 0 Å². The fraction of sp³-hybridized carbons (Fsp3) is 0.115. The molecule has 1 N–H and O–H groups in total. The van der Waals surface area contributed by atoms with Gasteiger partial charge in [0.15, 0.2) is 0 Å². The van der Waals surface area contributed by atoms with Gasteiger partial charge in [0, 0.05) is 0 Å². The third-order valence-electron chi connectivity index (χ3n) is 5.56. The van der Waals surface area contributed by atoms with E-state index in [1.165, 1.54) is 25.6 Å². The van der Waals surface area contributed by atoms with Crippen LogP contribution in [0.1, 0.15) is 33.7 Å². The van der Waals surface area contributed by atoms with Crippen LogP contribution in [-0.2, 0) is 0 Å². The monoisotopic (exact) mass is 577 g/mol.